The Bertz CT molecular complexity index is 516. The fraction of sp³-hybridized carbons (Fsp3) is 0.722. The molecule has 1 aromatic heterocycles. The van der Waals surface area contributed by atoms with E-state index in [1.807, 2.05) is 0 Å². The van der Waals surface area contributed by atoms with E-state index in [2.05, 4.69) is 23.3 Å². The van der Waals surface area contributed by atoms with Crippen molar-refractivity contribution in [2.24, 2.45) is 5.92 Å². The predicted molar refractivity (Wildman–Crippen MR) is 90.2 cm³/mol. The zero-order valence-electron chi connectivity index (χ0n) is 14.1. The molecular weight excluding hydrogens is 276 g/mol. The van der Waals surface area contributed by atoms with E-state index in [9.17, 15) is 9.90 Å². The molecule has 1 fully saturated rings. The van der Waals surface area contributed by atoms with Crippen LogP contribution in [-0.2, 0) is 13.1 Å². The monoisotopic (exact) mass is 306 g/mol. The lowest BCUT2D eigenvalue weighted by Gasteiger charge is -2.31. The number of piperidine rings is 1. The molecule has 1 N–H and O–H groups in total. The summed E-state index contributed by atoms with van der Waals surface area (Å²) in [6.07, 6.45) is 8.85. The van der Waals surface area contributed by atoms with Crippen molar-refractivity contribution < 1.29 is 5.11 Å². The van der Waals surface area contributed by atoms with Crippen LogP contribution in [0.3, 0.4) is 0 Å². The van der Waals surface area contributed by atoms with E-state index in [1.165, 1.54) is 32.1 Å². The second kappa shape index (κ2) is 8.37. The maximum absolute atomic E-state index is 11.8. The predicted octanol–water partition coefficient (Wildman–Crippen LogP) is 3.37. The van der Waals surface area contributed by atoms with Crippen LogP contribution in [0.2, 0.25) is 0 Å². The van der Waals surface area contributed by atoms with Crippen molar-refractivity contribution in [3.8, 4) is 5.75 Å². The molecule has 0 aliphatic carbocycles. The minimum Gasteiger partial charge on any atom is -0.503 e. The number of aromatic nitrogens is 1. The maximum Gasteiger partial charge on any atom is 0.223 e. The van der Waals surface area contributed by atoms with Gasteiger partial charge in [-0.15, -0.1) is 0 Å². The normalized spacial score (nSPS) is 17.0. The molecule has 0 amide bonds. The van der Waals surface area contributed by atoms with E-state index < -0.39 is 0 Å². The Hall–Kier alpha value is -1.29. The van der Waals surface area contributed by atoms with Gasteiger partial charge in [-0.1, -0.05) is 33.1 Å². The number of unbranched alkanes of at least 4 members (excludes halogenated alkanes) is 3. The molecule has 0 radical (unpaired) electrons. The van der Waals surface area contributed by atoms with Gasteiger partial charge in [0.25, 0.3) is 0 Å². The molecule has 4 nitrogen and oxygen atoms in total. The summed E-state index contributed by atoms with van der Waals surface area (Å²) in [6, 6.07) is 1.62. The fourth-order valence-electron chi connectivity index (χ4n) is 3.11. The van der Waals surface area contributed by atoms with Crippen LogP contribution in [0.25, 0.3) is 0 Å². The van der Waals surface area contributed by atoms with E-state index in [4.69, 9.17) is 0 Å². The first-order valence-corrected chi connectivity index (χ1v) is 8.74. The number of nitrogens with zero attached hydrogens (tertiary/aromatic N) is 2. The van der Waals surface area contributed by atoms with Crippen LogP contribution in [0, 0.1) is 5.92 Å². The fourth-order valence-corrected chi connectivity index (χ4v) is 3.11. The lowest BCUT2D eigenvalue weighted by Crippen LogP contribution is -2.33. The Kier molecular flexibility index (Phi) is 6.49. The van der Waals surface area contributed by atoms with E-state index in [0.29, 0.717) is 0 Å². The molecule has 0 unspecified atom stereocenters. The minimum atomic E-state index is -0.259. The number of hydrogen-bond donors (Lipinski definition) is 1. The molecule has 2 rings (SSSR count). The Morgan fingerprint density at radius 2 is 1.95 bits per heavy atom. The first-order valence-electron chi connectivity index (χ1n) is 8.74. The summed E-state index contributed by atoms with van der Waals surface area (Å²) in [5.41, 5.74) is 0.777. The van der Waals surface area contributed by atoms with Crippen molar-refractivity contribution in [2.75, 3.05) is 13.1 Å². The van der Waals surface area contributed by atoms with Gasteiger partial charge in [0, 0.05) is 24.8 Å². The SMILES string of the molecule is CCCCCCn1cc(O)c(=O)cc1CN1CCC(C)CC1. The van der Waals surface area contributed by atoms with Crippen molar-refractivity contribution in [1.82, 2.24) is 9.47 Å². The number of pyridine rings is 1. The largest absolute Gasteiger partial charge is 0.503 e. The van der Waals surface area contributed by atoms with E-state index in [1.54, 1.807) is 12.3 Å². The molecule has 1 aliphatic rings. The molecule has 1 aliphatic heterocycles. The summed E-state index contributed by atoms with van der Waals surface area (Å²) in [7, 11) is 0. The third-order valence-electron chi connectivity index (χ3n) is 4.71. The van der Waals surface area contributed by atoms with Crippen molar-refractivity contribution in [3.05, 3.63) is 28.2 Å². The van der Waals surface area contributed by atoms with Gasteiger partial charge < -0.3 is 9.67 Å². The summed E-state index contributed by atoms with van der Waals surface area (Å²) in [6.45, 7) is 8.41. The Labute approximate surface area is 133 Å². The highest BCUT2D eigenvalue weighted by molar-refractivity contribution is 5.20. The van der Waals surface area contributed by atoms with Crippen LogP contribution in [0.4, 0.5) is 0 Å². The molecule has 4 heteroatoms. The van der Waals surface area contributed by atoms with Crippen molar-refractivity contribution >= 4 is 0 Å². The first-order chi connectivity index (χ1) is 10.6. The second-order valence-corrected chi connectivity index (χ2v) is 6.73. The average Bonchev–Trinajstić information content (AvgIpc) is 2.50. The molecule has 2 heterocycles. The highest BCUT2D eigenvalue weighted by atomic mass is 16.3. The van der Waals surface area contributed by atoms with E-state index in [0.717, 1.165) is 44.2 Å². The van der Waals surface area contributed by atoms with Gasteiger partial charge in [0.05, 0.1) is 6.20 Å². The highest BCUT2D eigenvalue weighted by Crippen LogP contribution is 2.18. The van der Waals surface area contributed by atoms with Gasteiger partial charge in [-0.05, 0) is 38.3 Å². The lowest BCUT2D eigenvalue weighted by atomic mass is 9.99. The van der Waals surface area contributed by atoms with Gasteiger partial charge in [0.2, 0.25) is 5.43 Å². The lowest BCUT2D eigenvalue weighted by molar-refractivity contribution is 0.181. The zero-order chi connectivity index (χ0) is 15.9. The van der Waals surface area contributed by atoms with Crippen molar-refractivity contribution in [2.45, 2.75) is 65.5 Å². The number of likely N-dealkylation sites (tertiary alicyclic amines) is 1. The molecule has 1 saturated heterocycles. The molecule has 0 atom stereocenters. The molecule has 1 aromatic rings. The topological polar surface area (TPSA) is 45.5 Å². The van der Waals surface area contributed by atoms with Crippen LogP contribution >= 0.6 is 0 Å². The molecule has 0 spiro atoms. The quantitative estimate of drug-likeness (QED) is 0.786. The Morgan fingerprint density at radius 3 is 2.64 bits per heavy atom. The summed E-state index contributed by atoms with van der Waals surface area (Å²) < 4.78 is 2.07. The third kappa shape index (κ3) is 4.87. The van der Waals surface area contributed by atoms with Crippen LogP contribution < -0.4 is 5.43 Å². The molecular formula is C18H30N2O2. The van der Waals surface area contributed by atoms with Gasteiger partial charge in [-0.2, -0.15) is 0 Å². The van der Waals surface area contributed by atoms with Gasteiger partial charge >= 0.3 is 0 Å². The van der Waals surface area contributed by atoms with Crippen LogP contribution in [0.1, 0.15) is 58.1 Å². The average molecular weight is 306 g/mol. The van der Waals surface area contributed by atoms with Crippen molar-refractivity contribution in [3.63, 3.8) is 0 Å². The number of aromatic hydroxyl groups is 1. The summed E-state index contributed by atoms with van der Waals surface area (Å²) in [5.74, 6) is 0.679. The van der Waals surface area contributed by atoms with Crippen molar-refractivity contribution in [1.29, 1.82) is 0 Å². The van der Waals surface area contributed by atoms with Crippen LogP contribution in [-0.4, -0.2) is 27.7 Å². The van der Waals surface area contributed by atoms with Gasteiger partial charge in [-0.25, -0.2) is 0 Å². The van der Waals surface area contributed by atoms with E-state index >= 15 is 0 Å². The summed E-state index contributed by atoms with van der Waals surface area (Å²) >= 11 is 0. The molecule has 0 saturated carbocycles. The number of rotatable bonds is 7. The summed E-state index contributed by atoms with van der Waals surface area (Å²) in [4.78, 5) is 14.2. The van der Waals surface area contributed by atoms with E-state index in [-0.39, 0.29) is 11.2 Å². The molecule has 22 heavy (non-hydrogen) atoms. The van der Waals surface area contributed by atoms with Crippen LogP contribution in [0.15, 0.2) is 17.1 Å². The Morgan fingerprint density at radius 1 is 1.23 bits per heavy atom. The smallest absolute Gasteiger partial charge is 0.223 e. The maximum atomic E-state index is 11.8. The van der Waals surface area contributed by atoms with Gasteiger partial charge in [0.15, 0.2) is 5.75 Å². The highest BCUT2D eigenvalue weighted by Gasteiger charge is 2.17. The third-order valence-corrected chi connectivity index (χ3v) is 4.71. The number of hydrogen-bond acceptors (Lipinski definition) is 3. The molecule has 0 aromatic carbocycles. The Balaban J connectivity index is 2.04. The standard InChI is InChI=1S/C18H30N2O2/c1-3-4-5-6-9-20-14-18(22)17(21)12-16(20)13-19-10-7-15(2)8-11-19/h12,14-15,22H,3-11,13H2,1-2H3. The van der Waals surface area contributed by atoms with Crippen LogP contribution in [0.5, 0.6) is 5.75 Å². The zero-order valence-corrected chi connectivity index (χ0v) is 14.1. The molecule has 124 valence electrons. The summed E-state index contributed by atoms with van der Waals surface area (Å²) in [5, 5.41) is 9.72. The van der Waals surface area contributed by atoms with Gasteiger partial charge in [-0.3, -0.25) is 9.69 Å². The van der Waals surface area contributed by atoms with Gasteiger partial charge in [0.1, 0.15) is 0 Å². The second-order valence-electron chi connectivity index (χ2n) is 6.73. The minimum absolute atomic E-state index is 0.133. The molecule has 0 bridgehead atoms. The number of aryl methyl sites for hydroxylation is 1. The first kappa shape index (κ1) is 17.1.